The Bertz CT molecular complexity index is 313. The summed E-state index contributed by atoms with van der Waals surface area (Å²) in [5.74, 6) is -0.0351. The van der Waals surface area contributed by atoms with E-state index in [1.165, 1.54) is 12.8 Å². The minimum absolute atomic E-state index is 0.0122. The third-order valence-electron chi connectivity index (χ3n) is 4.64. The molecule has 0 aromatic carbocycles. The van der Waals surface area contributed by atoms with Crippen LogP contribution in [0.25, 0.3) is 0 Å². The van der Waals surface area contributed by atoms with E-state index < -0.39 is 0 Å². The van der Waals surface area contributed by atoms with Gasteiger partial charge in [0, 0.05) is 24.7 Å². The molecule has 2 aliphatic rings. The Morgan fingerprint density at radius 1 is 1.32 bits per heavy atom. The maximum absolute atomic E-state index is 12.0. The van der Waals surface area contributed by atoms with Gasteiger partial charge in [0.1, 0.15) is 0 Å². The smallest absolute Gasteiger partial charge is 0.307 e. The minimum Gasteiger partial charge on any atom is -0.466 e. The Balaban J connectivity index is 2.06. The molecule has 1 saturated heterocycles. The molecule has 0 bridgehead atoms. The molecule has 0 spiro atoms. The van der Waals surface area contributed by atoms with Gasteiger partial charge >= 0.3 is 5.97 Å². The number of rotatable bonds is 7. The first kappa shape index (κ1) is 14.8. The van der Waals surface area contributed by atoms with Gasteiger partial charge in [-0.25, -0.2) is 0 Å². The summed E-state index contributed by atoms with van der Waals surface area (Å²) in [4.78, 5) is 17.0. The van der Waals surface area contributed by atoms with Crippen molar-refractivity contribution < 1.29 is 9.53 Å². The van der Waals surface area contributed by atoms with E-state index in [1.54, 1.807) is 0 Å². The lowest BCUT2D eigenvalue weighted by Crippen LogP contribution is -2.52. The Labute approximate surface area is 117 Å². The molecule has 0 aromatic rings. The predicted octanol–water partition coefficient (Wildman–Crippen LogP) is 1.89. The molecule has 1 atom stereocenters. The number of nitrogens with zero attached hydrogens (tertiary/aromatic N) is 2. The summed E-state index contributed by atoms with van der Waals surface area (Å²) in [5, 5.41) is 0. The van der Waals surface area contributed by atoms with Gasteiger partial charge in [-0.3, -0.25) is 14.6 Å². The van der Waals surface area contributed by atoms with Crippen LogP contribution in [0.1, 0.15) is 46.5 Å². The topological polar surface area (TPSA) is 32.8 Å². The average Bonchev–Trinajstić information content (AvgIpc) is 3.14. The Kier molecular flexibility index (Phi) is 4.85. The maximum Gasteiger partial charge on any atom is 0.307 e. The van der Waals surface area contributed by atoms with Crippen molar-refractivity contribution in [3.05, 3.63) is 0 Å². The molecule has 0 amide bonds. The number of likely N-dealkylation sites (tertiary alicyclic amines) is 1. The van der Waals surface area contributed by atoms with Gasteiger partial charge in [0.05, 0.1) is 13.0 Å². The monoisotopic (exact) mass is 268 g/mol. The van der Waals surface area contributed by atoms with Crippen molar-refractivity contribution in [2.45, 2.75) is 58.0 Å². The molecule has 1 unspecified atom stereocenters. The van der Waals surface area contributed by atoms with Gasteiger partial charge in [-0.05, 0) is 39.3 Å². The lowest BCUT2D eigenvalue weighted by molar-refractivity contribution is -0.146. The number of carbonyl (C=O) groups excluding carboxylic acids is 1. The number of esters is 1. The predicted molar refractivity (Wildman–Crippen MR) is 76.1 cm³/mol. The summed E-state index contributed by atoms with van der Waals surface area (Å²) in [6.07, 6.45) is 4.33. The number of hydrogen-bond acceptors (Lipinski definition) is 4. The molecule has 0 radical (unpaired) electrons. The number of ether oxygens (including phenoxy) is 1. The van der Waals surface area contributed by atoms with Gasteiger partial charge in [0.2, 0.25) is 0 Å². The second-order valence-corrected chi connectivity index (χ2v) is 5.83. The number of likely N-dealkylation sites (N-methyl/N-ethyl adjacent to an activating group) is 1. The fourth-order valence-electron chi connectivity index (χ4n) is 3.53. The Hall–Kier alpha value is -0.610. The van der Waals surface area contributed by atoms with E-state index in [9.17, 15) is 4.79 Å². The largest absolute Gasteiger partial charge is 0.466 e. The van der Waals surface area contributed by atoms with Gasteiger partial charge in [0.15, 0.2) is 0 Å². The van der Waals surface area contributed by atoms with Gasteiger partial charge in [-0.1, -0.05) is 13.8 Å². The number of carbonyl (C=O) groups is 1. The first-order valence-corrected chi connectivity index (χ1v) is 7.80. The van der Waals surface area contributed by atoms with Crippen molar-refractivity contribution in [2.75, 3.05) is 32.8 Å². The zero-order chi connectivity index (χ0) is 13.9. The standard InChI is InChI=1S/C15H28N2O2/c1-4-17(5-2)15(11-14(18)19-6-3)9-10-16(12-15)13-7-8-13/h13H,4-12H2,1-3H3. The van der Waals surface area contributed by atoms with Crippen LogP contribution in [0.4, 0.5) is 0 Å². The van der Waals surface area contributed by atoms with Crippen LogP contribution in [0.3, 0.4) is 0 Å². The highest BCUT2D eigenvalue weighted by Gasteiger charge is 2.47. The van der Waals surface area contributed by atoms with E-state index in [-0.39, 0.29) is 11.5 Å². The zero-order valence-electron chi connectivity index (χ0n) is 12.7. The second-order valence-electron chi connectivity index (χ2n) is 5.83. The van der Waals surface area contributed by atoms with Crippen molar-refractivity contribution in [2.24, 2.45) is 0 Å². The molecule has 2 rings (SSSR count). The van der Waals surface area contributed by atoms with Crippen LogP contribution in [0.15, 0.2) is 0 Å². The zero-order valence-corrected chi connectivity index (χ0v) is 12.7. The molecule has 4 nitrogen and oxygen atoms in total. The van der Waals surface area contributed by atoms with Crippen molar-refractivity contribution in [3.63, 3.8) is 0 Å². The van der Waals surface area contributed by atoms with Gasteiger partial charge < -0.3 is 4.74 Å². The summed E-state index contributed by atoms with van der Waals surface area (Å²) in [5.41, 5.74) is 0.0122. The van der Waals surface area contributed by atoms with E-state index in [2.05, 4.69) is 23.6 Å². The SMILES string of the molecule is CCOC(=O)CC1(N(CC)CC)CCN(C2CC2)C1. The molecular formula is C15H28N2O2. The highest BCUT2D eigenvalue weighted by Crippen LogP contribution is 2.38. The van der Waals surface area contributed by atoms with Gasteiger partial charge in [0.25, 0.3) is 0 Å². The van der Waals surface area contributed by atoms with Crippen molar-refractivity contribution in [1.29, 1.82) is 0 Å². The molecule has 110 valence electrons. The van der Waals surface area contributed by atoms with Crippen molar-refractivity contribution in [1.82, 2.24) is 9.80 Å². The lowest BCUT2D eigenvalue weighted by atomic mass is 9.91. The number of hydrogen-bond donors (Lipinski definition) is 0. The minimum atomic E-state index is -0.0351. The van der Waals surface area contributed by atoms with E-state index in [0.717, 1.165) is 38.6 Å². The molecular weight excluding hydrogens is 240 g/mol. The van der Waals surface area contributed by atoms with Crippen LogP contribution < -0.4 is 0 Å². The molecule has 1 aliphatic carbocycles. The fraction of sp³-hybridized carbons (Fsp3) is 0.933. The molecule has 1 aliphatic heterocycles. The summed E-state index contributed by atoms with van der Waals surface area (Å²) in [7, 11) is 0. The molecule has 2 fully saturated rings. The van der Waals surface area contributed by atoms with Crippen LogP contribution >= 0.6 is 0 Å². The van der Waals surface area contributed by atoms with E-state index in [4.69, 9.17) is 4.74 Å². The molecule has 1 saturated carbocycles. The summed E-state index contributed by atoms with van der Waals surface area (Å²) in [6.45, 7) is 10.9. The average molecular weight is 268 g/mol. The third kappa shape index (κ3) is 3.29. The first-order valence-electron chi connectivity index (χ1n) is 7.80. The third-order valence-corrected chi connectivity index (χ3v) is 4.64. The quantitative estimate of drug-likeness (QED) is 0.660. The molecule has 0 aromatic heterocycles. The summed E-state index contributed by atoms with van der Waals surface area (Å²) < 4.78 is 5.20. The first-order chi connectivity index (χ1) is 9.15. The molecule has 4 heteroatoms. The van der Waals surface area contributed by atoms with E-state index >= 15 is 0 Å². The highest BCUT2D eigenvalue weighted by molar-refractivity contribution is 5.71. The summed E-state index contributed by atoms with van der Waals surface area (Å²) in [6, 6.07) is 0.791. The van der Waals surface area contributed by atoms with Gasteiger partial charge in [-0.2, -0.15) is 0 Å². The van der Waals surface area contributed by atoms with Crippen molar-refractivity contribution in [3.8, 4) is 0 Å². The van der Waals surface area contributed by atoms with Gasteiger partial charge in [-0.15, -0.1) is 0 Å². The van der Waals surface area contributed by atoms with E-state index in [0.29, 0.717) is 13.0 Å². The fourth-order valence-corrected chi connectivity index (χ4v) is 3.53. The van der Waals surface area contributed by atoms with Crippen LogP contribution in [-0.2, 0) is 9.53 Å². The summed E-state index contributed by atoms with van der Waals surface area (Å²) >= 11 is 0. The van der Waals surface area contributed by atoms with Crippen LogP contribution in [0.5, 0.6) is 0 Å². The molecule has 0 N–H and O–H groups in total. The maximum atomic E-state index is 12.0. The second kappa shape index (κ2) is 6.23. The van der Waals surface area contributed by atoms with Crippen LogP contribution in [-0.4, -0.2) is 60.1 Å². The molecule has 19 heavy (non-hydrogen) atoms. The normalized spacial score (nSPS) is 28.0. The van der Waals surface area contributed by atoms with Crippen LogP contribution in [0.2, 0.25) is 0 Å². The lowest BCUT2D eigenvalue weighted by Gasteiger charge is -2.39. The Morgan fingerprint density at radius 3 is 2.53 bits per heavy atom. The van der Waals surface area contributed by atoms with Crippen molar-refractivity contribution >= 4 is 5.97 Å². The van der Waals surface area contributed by atoms with E-state index in [1.807, 2.05) is 6.92 Å². The highest BCUT2D eigenvalue weighted by atomic mass is 16.5. The Morgan fingerprint density at radius 2 is 2.00 bits per heavy atom. The molecule has 1 heterocycles. The van der Waals surface area contributed by atoms with Crippen LogP contribution in [0, 0.1) is 0 Å².